The molecule has 0 aromatic rings. The second kappa shape index (κ2) is 19.2. The van der Waals surface area contributed by atoms with Crippen molar-refractivity contribution in [1.29, 1.82) is 0 Å². The van der Waals surface area contributed by atoms with Gasteiger partial charge in [-0.25, -0.2) is 0 Å². The van der Waals surface area contributed by atoms with Crippen LogP contribution in [0.2, 0.25) is 0 Å². The molecule has 6 N–H and O–H groups in total. The molecule has 0 rings (SSSR count). The Balaban J connectivity index is -0.000000506. The Morgan fingerprint density at radius 2 is 1.17 bits per heavy atom. The summed E-state index contributed by atoms with van der Waals surface area (Å²) in [5, 5.41) is 0. The quantitative estimate of drug-likeness (QED) is 0.628. The summed E-state index contributed by atoms with van der Waals surface area (Å²) in [6.07, 6.45) is 3.46. The fourth-order valence-corrected chi connectivity index (χ4v) is 1.85. The molecule has 0 amide bonds. The highest BCUT2D eigenvalue weighted by molar-refractivity contribution is 4.70. The van der Waals surface area contributed by atoms with Crippen molar-refractivity contribution < 1.29 is 0 Å². The second-order valence-electron chi connectivity index (χ2n) is 4.42. The third-order valence-electron chi connectivity index (χ3n) is 3.05. The zero-order valence-corrected chi connectivity index (χ0v) is 13.7. The number of hydrogen-bond acceptors (Lipinski definition) is 3. The topological polar surface area (TPSA) is 78.1 Å². The van der Waals surface area contributed by atoms with Crippen molar-refractivity contribution in [2.45, 2.75) is 60.8 Å². The third-order valence-corrected chi connectivity index (χ3v) is 3.05. The predicted molar refractivity (Wildman–Crippen MR) is 85.5 cm³/mol. The van der Waals surface area contributed by atoms with Crippen LogP contribution in [0.25, 0.3) is 0 Å². The fourth-order valence-electron chi connectivity index (χ4n) is 1.85. The van der Waals surface area contributed by atoms with E-state index in [1.54, 1.807) is 0 Å². The van der Waals surface area contributed by atoms with Crippen molar-refractivity contribution >= 4 is 0 Å². The van der Waals surface area contributed by atoms with Gasteiger partial charge in [0.1, 0.15) is 0 Å². The van der Waals surface area contributed by atoms with Gasteiger partial charge in [-0.2, -0.15) is 0 Å². The summed E-state index contributed by atoms with van der Waals surface area (Å²) in [4.78, 5) is 0. The third kappa shape index (κ3) is 13.9. The van der Waals surface area contributed by atoms with Gasteiger partial charge in [0.05, 0.1) is 0 Å². The summed E-state index contributed by atoms with van der Waals surface area (Å²) >= 11 is 0. The molecule has 0 fully saturated rings. The maximum Gasteiger partial charge on any atom is -0.00486 e. The van der Waals surface area contributed by atoms with E-state index in [4.69, 9.17) is 17.2 Å². The van der Waals surface area contributed by atoms with Crippen molar-refractivity contribution in [3.63, 3.8) is 0 Å². The smallest absolute Gasteiger partial charge is 0.00486 e. The van der Waals surface area contributed by atoms with E-state index in [-0.39, 0.29) is 0 Å². The van der Waals surface area contributed by atoms with Crippen LogP contribution in [-0.4, -0.2) is 19.6 Å². The molecule has 0 aliphatic carbocycles. The molecular weight excluding hydrogens is 222 g/mol. The van der Waals surface area contributed by atoms with Gasteiger partial charge in [0.2, 0.25) is 0 Å². The Bertz CT molecular complexity index is 125. The molecule has 0 aromatic carbocycles. The SMILES string of the molecule is CC.CC.CCC(CN)CC(CN)CC(C)CN. The Labute approximate surface area is 116 Å². The van der Waals surface area contributed by atoms with Crippen molar-refractivity contribution in [3.8, 4) is 0 Å². The minimum absolute atomic E-state index is 0.582. The summed E-state index contributed by atoms with van der Waals surface area (Å²) in [6, 6.07) is 0. The zero-order chi connectivity index (χ0) is 15.0. The molecular formula is C15H39N3. The second-order valence-corrected chi connectivity index (χ2v) is 4.42. The first kappa shape index (κ1) is 23.0. The van der Waals surface area contributed by atoms with E-state index in [1.165, 1.54) is 0 Å². The Hall–Kier alpha value is -0.120. The highest BCUT2D eigenvalue weighted by Crippen LogP contribution is 2.20. The highest BCUT2D eigenvalue weighted by Gasteiger charge is 2.15. The number of rotatable bonds is 8. The summed E-state index contributed by atoms with van der Waals surface area (Å²) in [5.41, 5.74) is 17.0. The van der Waals surface area contributed by atoms with Gasteiger partial charge < -0.3 is 17.2 Å². The lowest BCUT2D eigenvalue weighted by molar-refractivity contribution is 0.318. The van der Waals surface area contributed by atoms with Crippen molar-refractivity contribution in [2.75, 3.05) is 19.6 Å². The van der Waals surface area contributed by atoms with Gasteiger partial charge >= 0.3 is 0 Å². The minimum Gasteiger partial charge on any atom is -0.330 e. The van der Waals surface area contributed by atoms with Crippen LogP contribution in [0.3, 0.4) is 0 Å². The Morgan fingerprint density at radius 3 is 1.44 bits per heavy atom. The molecule has 0 aliphatic rings. The molecule has 0 heterocycles. The summed E-state index contributed by atoms with van der Waals surface area (Å²) < 4.78 is 0. The van der Waals surface area contributed by atoms with Gasteiger partial charge in [-0.3, -0.25) is 0 Å². The van der Waals surface area contributed by atoms with Crippen LogP contribution >= 0.6 is 0 Å². The maximum atomic E-state index is 5.75. The monoisotopic (exact) mass is 261 g/mol. The largest absolute Gasteiger partial charge is 0.330 e. The molecule has 0 aromatic heterocycles. The Kier molecular flexibility index (Phi) is 24.6. The first-order chi connectivity index (χ1) is 8.67. The normalized spacial score (nSPS) is 14.5. The molecule has 0 saturated carbocycles. The van der Waals surface area contributed by atoms with Gasteiger partial charge in [-0.15, -0.1) is 0 Å². The molecule has 0 spiro atoms. The van der Waals surface area contributed by atoms with E-state index in [1.807, 2.05) is 27.7 Å². The molecule has 0 aliphatic heterocycles. The first-order valence-corrected chi connectivity index (χ1v) is 7.78. The molecule has 0 radical (unpaired) electrons. The molecule has 3 heteroatoms. The van der Waals surface area contributed by atoms with E-state index in [0.717, 1.165) is 38.9 Å². The highest BCUT2D eigenvalue weighted by atomic mass is 14.6. The molecule has 0 bridgehead atoms. The molecule has 3 unspecified atom stereocenters. The lowest BCUT2D eigenvalue weighted by Gasteiger charge is -2.22. The van der Waals surface area contributed by atoms with Crippen LogP contribution in [0, 0.1) is 17.8 Å². The lowest BCUT2D eigenvalue weighted by Crippen LogP contribution is -2.25. The van der Waals surface area contributed by atoms with Crippen LogP contribution in [0.4, 0.5) is 0 Å². The molecule has 3 nitrogen and oxygen atoms in total. The molecule has 3 atom stereocenters. The molecule has 114 valence electrons. The number of nitrogens with two attached hydrogens (primary N) is 3. The van der Waals surface area contributed by atoms with Crippen molar-refractivity contribution in [1.82, 2.24) is 0 Å². The van der Waals surface area contributed by atoms with E-state index in [9.17, 15) is 0 Å². The Morgan fingerprint density at radius 1 is 0.722 bits per heavy atom. The zero-order valence-electron chi connectivity index (χ0n) is 13.7. The summed E-state index contributed by atoms with van der Waals surface area (Å²) in [6.45, 7) is 14.7. The van der Waals surface area contributed by atoms with Crippen LogP contribution in [0.15, 0.2) is 0 Å². The predicted octanol–water partition coefficient (Wildman–Crippen LogP) is 2.97. The van der Waals surface area contributed by atoms with Gasteiger partial charge in [0, 0.05) is 0 Å². The van der Waals surface area contributed by atoms with Gasteiger partial charge in [0.25, 0.3) is 0 Å². The van der Waals surface area contributed by atoms with E-state index in [2.05, 4.69) is 13.8 Å². The average Bonchev–Trinajstić information content (AvgIpc) is 2.47. The van der Waals surface area contributed by atoms with E-state index in [0.29, 0.717) is 17.8 Å². The molecule has 18 heavy (non-hydrogen) atoms. The summed E-state index contributed by atoms with van der Waals surface area (Å²) in [7, 11) is 0. The van der Waals surface area contributed by atoms with E-state index >= 15 is 0 Å². The van der Waals surface area contributed by atoms with Crippen LogP contribution in [0.5, 0.6) is 0 Å². The van der Waals surface area contributed by atoms with Crippen LogP contribution < -0.4 is 17.2 Å². The van der Waals surface area contributed by atoms with Gasteiger partial charge in [0.15, 0.2) is 0 Å². The fraction of sp³-hybridized carbons (Fsp3) is 1.00. The van der Waals surface area contributed by atoms with E-state index < -0.39 is 0 Å². The maximum absolute atomic E-state index is 5.75. The van der Waals surface area contributed by atoms with Crippen molar-refractivity contribution in [3.05, 3.63) is 0 Å². The molecule has 0 saturated heterocycles. The van der Waals surface area contributed by atoms with Crippen LogP contribution in [0.1, 0.15) is 60.8 Å². The van der Waals surface area contributed by atoms with Gasteiger partial charge in [-0.1, -0.05) is 48.0 Å². The first-order valence-electron chi connectivity index (χ1n) is 7.78. The van der Waals surface area contributed by atoms with Gasteiger partial charge in [-0.05, 0) is 50.2 Å². The lowest BCUT2D eigenvalue weighted by atomic mass is 9.86. The summed E-state index contributed by atoms with van der Waals surface area (Å²) in [5.74, 6) is 1.81. The van der Waals surface area contributed by atoms with Crippen molar-refractivity contribution in [2.24, 2.45) is 35.0 Å². The minimum atomic E-state index is 0.582. The average molecular weight is 261 g/mol. The van der Waals surface area contributed by atoms with Crippen LogP contribution in [-0.2, 0) is 0 Å². The standard InChI is InChI=1S/C11H27N3.2C2H6/c1-3-10(7-13)5-11(8-14)4-9(2)6-12;2*1-2/h9-11H,3-8,12-14H2,1-2H3;2*1-2H3. The number of hydrogen-bond donors (Lipinski definition) is 3.